The molecule has 0 bridgehead atoms. The minimum atomic E-state index is -4.67. The second kappa shape index (κ2) is 6.42. The number of carboxylic acids is 1. The summed E-state index contributed by atoms with van der Waals surface area (Å²) in [6.45, 7) is -1.70. The quantitative estimate of drug-likeness (QED) is 0.656. The van der Waals surface area contributed by atoms with Gasteiger partial charge in [0, 0.05) is 11.6 Å². The first-order valence-electron chi connectivity index (χ1n) is 6.29. The van der Waals surface area contributed by atoms with Gasteiger partial charge >= 0.3 is 12.1 Å². The molecule has 3 nitrogen and oxygen atoms in total. The third-order valence-corrected chi connectivity index (χ3v) is 2.88. The molecule has 0 unspecified atom stereocenters. The topological polar surface area (TPSA) is 46.5 Å². The van der Waals surface area contributed by atoms with Crippen molar-refractivity contribution in [3.63, 3.8) is 0 Å². The van der Waals surface area contributed by atoms with E-state index in [9.17, 15) is 31.1 Å². The molecule has 0 amide bonds. The Labute approximate surface area is 131 Å². The number of alkyl halides is 3. The van der Waals surface area contributed by atoms with E-state index in [1.807, 2.05) is 0 Å². The van der Waals surface area contributed by atoms with Gasteiger partial charge in [0.05, 0.1) is 5.56 Å². The van der Waals surface area contributed by atoms with Gasteiger partial charge in [-0.3, -0.25) is 0 Å². The summed E-state index contributed by atoms with van der Waals surface area (Å²) < 4.78 is 81.0. The Kier molecular flexibility index (Phi) is 4.72. The fourth-order valence-corrected chi connectivity index (χ4v) is 1.87. The molecule has 0 atom stereocenters. The molecule has 2 rings (SSSR count). The summed E-state index contributed by atoms with van der Waals surface area (Å²) in [5.74, 6) is -6.09. The predicted octanol–water partition coefficient (Wildman–Crippen LogP) is 4.41. The molecule has 24 heavy (non-hydrogen) atoms. The van der Waals surface area contributed by atoms with E-state index in [-0.39, 0.29) is 11.6 Å². The van der Waals surface area contributed by atoms with E-state index >= 15 is 0 Å². The van der Waals surface area contributed by atoms with Crippen LogP contribution in [0.1, 0.15) is 10.4 Å². The lowest BCUT2D eigenvalue weighted by atomic mass is 10.0. The summed E-state index contributed by atoms with van der Waals surface area (Å²) in [7, 11) is 0. The van der Waals surface area contributed by atoms with Crippen molar-refractivity contribution >= 4 is 5.97 Å². The SMILES string of the molecule is O=C(O)c1cc(OCC(F)(F)F)cc(-c2cc(F)c(F)cc2F)c1. The van der Waals surface area contributed by atoms with Crippen LogP contribution in [0.5, 0.6) is 5.75 Å². The lowest BCUT2D eigenvalue weighted by molar-refractivity contribution is -0.153. The predicted molar refractivity (Wildman–Crippen MR) is 70.3 cm³/mol. The molecular formula is C15H8F6O3. The lowest BCUT2D eigenvalue weighted by Crippen LogP contribution is -2.19. The Bertz CT molecular complexity index is 786. The maximum absolute atomic E-state index is 13.8. The van der Waals surface area contributed by atoms with E-state index in [0.29, 0.717) is 6.07 Å². The van der Waals surface area contributed by atoms with Crippen molar-refractivity contribution in [3.8, 4) is 16.9 Å². The van der Waals surface area contributed by atoms with Crippen LogP contribution in [-0.4, -0.2) is 23.9 Å². The molecule has 2 aromatic rings. The average Bonchev–Trinajstić information content (AvgIpc) is 2.48. The summed E-state index contributed by atoms with van der Waals surface area (Å²) in [5.41, 5.74) is -1.30. The molecule has 0 heterocycles. The van der Waals surface area contributed by atoms with Gasteiger partial charge in [-0.15, -0.1) is 0 Å². The number of hydrogen-bond donors (Lipinski definition) is 1. The number of benzene rings is 2. The van der Waals surface area contributed by atoms with Gasteiger partial charge < -0.3 is 9.84 Å². The van der Waals surface area contributed by atoms with E-state index in [0.717, 1.165) is 18.2 Å². The largest absolute Gasteiger partial charge is 0.484 e. The highest BCUT2D eigenvalue weighted by Gasteiger charge is 2.28. The monoisotopic (exact) mass is 350 g/mol. The summed E-state index contributed by atoms with van der Waals surface area (Å²) in [5, 5.41) is 8.97. The van der Waals surface area contributed by atoms with Crippen LogP contribution in [0.2, 0.25) is 0 Å². The molecule has 0 aliphatic carbocycles. The normalized spacial score (nSPS) is 11.4. The highest BCUT2D eigenvalue weighted by Crippen LogP contribution is 2.30. The maximum atomic E-state index is 13.8. The Morgan fingerprint density at radius 1 is 0.958 bits per heavy atom. The number of carbonyl (C=O) groups is 1. The van der Waals surface area contributed by atoms with Gasteiger partial charge in [-0.25, -0.2) is 18.0 Å². The molecule has 0 spiro atoms. The van der Waals surface area contributed by atoms with Crippen LogP contribution in [-0.2, 0) is 0 Å². The summed E-state index contributed by atoms with van der Waals surface area (Å²) in [6, 6.07) is 3.31. The van der Waals surface area contributed by atoms with Crippen LogP contribution in [0.25, 0.3) is 11.1 Å². The second-order valence-electron chi connectivity index (χ2n) is 4.70. The van der Waals surface area contributed by atoms with Crippen LogP contribution in [0, 0.1) is 17.5 Å². The standard InChI is InChI=1S/C15H8F6O3/c16-11-5-13(18)12(17)4-10(11)7-1-8(14(22)23)3-9(2-7)24-6-15(19,20)21/h1-5H,6H2,(H,22,23). The van der Waals surface area contributed by atoms with Gasteiger partial charge in [0.2, 0.25) is 0 Å². The molecule has 0 radical (unpaired) electrons. The first-order chi connectivity index (χ1) is 11.1. The van der Waals surface area contributed by atoms with Crippen LogP contribution in [0.3, 0.4) is 0 Å². The van der Waals surface area contributed by atoms with Crippen molar-refractivity contribution in [2.24, 2.45) is 0 Å². The third-order valence-electron chi connectivity index (χ3n) is 2.88. The molecule has 0 aliphatic rings. The van der Waals surface area contributed by atoms with Crippen molar-refractivity contribution in [3.05, 3.63) is 53.3 Å². The number of rotatable bonds is 4. The molecule has 0 saturated heterocycles. The van der Waals surface area contributed by atoms with Gasteiger partial charge in [0.25, 0.3) is 0 Å². The highest BCUT2D eigenvalue weighted by atomic mass is 19.4. The van der Waals surface area contributed by atoms with E-state index in [2.05, 4.69) is 4.74 Å². The molecule has 2 aromatic carbocycles. The Morgan fingerprint density at radius 3 is 2.17 bits per heavy atom. The number of hydrogen-bond acceptors (Lipinski definition) is 2. The minimum absolute atomic E-state index is 0.244. The van der Waals surface area contributed by atoms with Crippen LogP contribution < -0.4 is 4.74 Å². The van der Waals surface area contributed by atoms with Gasteiger partial charge in [0.1, 0.15) is 11.6 Å². The average molecular weight is 350 g/mol. The number of ether oxygens (including phenoxy) is 1. The molecule has 128 valence electrons. The first kappa shape index (κ1) is 17.6. The van der Waals surface area contributed by atoms with Crippen molar-refractivity contribution in [2.45, 2.75) is 6.18 Å². The molecular weight excluding hydrogens is 342 g/mol. The van der Waals surface area contributed by atoms with E-state index in [4.69, 9.17) is 5.11 Å². The third kappa shape index (κ3) is 4.18. The number of aromatic carboxylic acids is 1. The van der Waals surface area contributed by atoms with Gasteiger partial charge in [-0.05, 0) is 29.8 Å². The van der Waals surface area contributed by atoms with Gasteiger partial charge in [-0.1, -0.05) is 0 Å². The van der Waals surface area contributed by atoms with E-state index < -0.39 is 53.1 Å². The van der Waals surface area contributed by atoms with E-state index in [1.54, 1.807) is 0 Å². The maximum Gasteiger partial charge on any atom is 0.422 e. The van der Waals surface area contributed by atoms with Crippen molar-refractivity contribution in [1.29, 1.82) is 0 Å². The molecule has 0 saturated carbocycles. The van der Waals surface area contributed by atoms with Gasteiger partial charge in [0.15, 0.2) is 18.2 Å². The zero-order chi connectivity index (χ0) is 18.1. The fraction of sp³-hybridized carbons (Fsp3) is 0.133. The second-order valence-corrected chi connectivity index (χ2v) is 4.70. The van der Waals surface area contributed by atoms with Crippen LogP contribution in [0.4, 0.5) is 26.3 Å². The van der Waals surface area contributed by atoms with Gasteiger partial charge in [-0.2, -0.15) is 13.2 Å². The number of carboxylic acid groups (broad SMARTS) is 1. The molecule has 0 aromatic heterocycles. The fourth-order valence-electron chi connectivity index (χ4n) is 1.87. The van der Waals surface area contributed by atoms with E-state index in [1.165, 1.54) is 0 Å². The lowest BCUT2D eigenvalue weighted by Gasteiger charge is -2.12. The van der Waals surface area contributed by atoms with Crippen molar-refractivity contribution in [1.82, 2.24) is 0 Å². The summed E-state index contributed by atoms with van der Waals surface area (Å²) in [6.07, 6.45) is -4.67. The van der Waals surface area contributed by atoms with Crippen LogP contribution in [0.15, 0.2) is 30.3 Å². The van der Waals surface area contributed by atoms with Crippen molar-refractivity contribution < 1.29 is 41.0 Å². The van der Waals surface area contributed by atoms with Crippen LogP contribution >= 0.6 is 0 Å². The Hall–Kier alpha value is -2.71. The minimum Gasteiger partial charge on any atom is -0.484 e. The zero-order valence-electron chi connectivity index (χ0n) is 11.6. The zero-order valence-corrected chi connectivity index (χ0v) is 11.6. The molecule has 9 heteroatoms. The first-order valence-corrected chi connectivity index (χ1v) is 6.29. The highest BCUT2D eigenvalue weighted by molar-refractivity contribution is 5.90. The summed E-state index contributed by atoms with van der Waals surface area (Å²) in [4.78, 5) is 11.0. The molecule has 0 fully saturated rings. The Morgan fingerprint density at radius 2 is 1.58 bits per heavy atom. The number of halogens is 6. The molecule has 1 N–H and O–H groups in total. The smallest absolute Gasteiger partial charge is 0.422 e. The Balaban J connectivity index is 2.51. The summed E-state index contributed by atoms with van der Waals surface area (Å²) >= 11 is 0. The van der Waals surface area contributed by atoms with Crippen molar-refractivity contribution in [2.75, 3.05) is 6.61 Å². The molecule has 0 aliphatic heterocycles.